The first-order valence-corrected chi connectivity index (χ1v) is 7.12. The van der Waals surface area contributed by atoms with E-state index in [1.807, 2.05) is 0 Å². The van der Waals surface area contributed by atoms with Crippen LogP contribution >= 0.6 is 11.6 Å². The average molecular weight is 340 g/mol. The van der Waals surface area contributed by atoms with Crippen LogP contribution in [0.1, 0.15) is 29.3 Å². The molecule has 122 valence electrons. The Morgan fingerprint density at radius 2 is 1.96 bits per heavy atom. The van der Waals surface area contributed by atoms with Crippen molar-refractivity contribution >= 4 is 23.5 Å². The lowest BCUT2D eigenvalue weighted by Gasteiger charge is -2.30. The van der Waals surface area contributed by atoms with E-state index in [4.69, 9.17) is 16.0 Å². The van der Waals surface area contributed by atoms with Crippen LogP contribution in [0.2, 0.25) is 5.22 Å². The Kier molecular flexibility index (Phi) is 5.05. The number of benzene rings is 1. The summed E-state index contributed by atoms with van der Waals surface area (Å²) in [6, 6.07) is 6.91. The Balaban J connectivity index is 2.33. The van der Waals surface area contributed by atoms with Gasteiger partial charge in [-0.2, -0.15) is 0 Å². The summed E-state index contributed by atoms with van der Waals surface area (Å²) in [5.74, 6) is -1.45. The molecule has 1 amide bonds. The maximum atomic E-state index is 13.1. The number of rotatable bonds is 5. The van der Waals surface area contributed by atoms with E-state index in [9.17, 15) is 14.0 Å². The number of carbonyl (C=O) groups is 2. The largest absolute Gasteiger partial charge is 0.469 e. The van der Waals surface area contributed by atoms with E-state index in [0.29, 0.717) is 5.56 Å². The van der Waals surface area contributed by atoms with Gasteiger partial charge in [-0.3, -0.25) is 9.59 Å². The van der Waals surface area contributed by atoms with Crippen LogP contribution < -0.4 is 5.32 Å². The fourth-order valence-electron chi connectivity index (χ4n) is 2.17. The highest BCUT2D eigenvalue weighted by Gasteiger charge is 2.33. The molecule has 0 saturated carbocycles. The second-order valence-electron chi connectivity index (χ2n) is 5.15. The number of halogens is 2. The molecule has 23 heavy (non-hydrogen) atoms. The van der Waals surface area contributed by atoms with Crippen LogP contribution in [0.15, 0.2) is 41.0 Å². The monoisotopic (exact) mass is 339 g/mol. The molecule has 0 radical (unpaired) electrons. The second kappa shape index (κ2) is 6.83. The molecule has 2 aromatic rings. The average Bonchev–Trinajstić information content (AvgIpc) is 2.93. The van der Waals surface area contributed by atoms with Gasteiger partial charge in [-0.05, 0) is 42.3 Å². The summed E-state index contributed by atoms with van der Waals surface area (Å²) in [4.78, 5) is 24.1. The Bertz CT molecular complexity index is 713. The lowest BCUT2D eigenvalue weighted by Crippen LogP contribution is -2.45. The minimum atomic E-state index is -1.10. The minimum absolute atomic E-state index is 0.0537. The predicted molar refractivity (Wildman–Crippen MR) is 81.6 cm³/mol. The van der Waals surface area contributed by atoms with Crippen molar-refractivity contribution in [3.63, 3.8) is 0 Å². The summed E-state index contributed by atoms with van der Waals surface area (Å²) in [5.41, 5.74) is -0.402. The molecule has 0 fully saturated rings. The van der Waals surface area contributed by atoms with Crippen LogP contribution in [0.25, 0.3) is 0 Å². The fourth-order valence-corrected chi connectivity index (χ4v) is 2.37. The number of ether oxygens (including phenoxy) is 1. The molecule has 7 heteroatoms. The molecule has 0 bridgehead atoms. The van der Waals surface area contributed by atoms with Crippen molar-refractivity contribution in [2.75, 3.05) is 7.11 Å². The zero-order valence-corrected chi connectivity index (χ0v) is 13.3. The first-order valence-electron chi connectivity index (χ1n) is 6.74. The van der Waals surface area contributed by atoms with E-state index >= 15 is 0 Å². The third-order valence-corrected chi connectivity index (χ3v) is 3.75. The van der Waals surface area contributed by atoms with Gasteiger partial charge in [0.2, 0.25) is 5.22 Å². The molecular weight excluding hydrogens is 325 g/mol. The number of furan rings is 1. The summed E-state index contributed by atoms with van der Waals surface area (Å²) in [5, 5.41) is 2.68. The van der Waals surface area contributed by atoms with Crippen molar-refractivity contribution in [1.29, 1.82) is 0 Å². The summed E-state index contributed by atoms with van der Waals surface area (Å²) >= 11 is 5.79. The van der Waals surface area contributed by atoms with Gasteiger partial charge in [-0.1, -0.05) is 12.1 Å². The van der Waals surface area contributed by atoms with E-state index in [-0.39, 0.29) is 17.2 Å². The normalized spacial score (nSPS) is 13.2. The fraction of sp³-hybridized carbons (Fsp3) is 0.250. The highest BCUT2D eigenvalue weighted by Crippen LogP contribution is 2.27. The Morgan fingerprint density at radius 3 is 2.48 bits per heavy atom. The van der Waals surface area contributed by atoms with Gasteiger partial charge in [-0.25, -0.2) is 4.39 Å². The van der Waals surface area contributed by atoms with Crippen molar-refractivity contribution in [2.45, 2.75) is 18.9 Å². The highest BCUT2D eigenvalue weighted by atomic mass is 35.5. The highest BCUT2D eigenvalue weighted by molar-refractivity contribution is 6.32. The number of carbonyl (C=O) groups excluding carboxylic acids is 2. The molecule has 2 rings (SSSR count). The van der Waals surface area contributed by atoms with Crippen molar-refractivity contribution in [3.05, 3.63) is 58.8 Å². The molecule has 1 atom stereocenters. The molecule has 1 aromatic heterocycles. The summed E-state index contributed by atoms with van der Waals surface area (Å²) in [6.07, 6.45) is 1.16. The predicted octanol–water partition coefficient (Wildman–Crippen LogP) is 3.28. The number of esters is 1. The van der Waals surface area contributed by atoms with Gasteiger partial charge in [0, 0.05) is 0 Å². The number of nitrogens with one attached hydrogen (secondary N) is 1. The van der Waals surface area contributed by atoms with E-state index in [2.05, 4.69) is 10.1 Å². The standard InChI is InChI=1S/C16H15ClFNO4/c1-16(9-13(20)22-2,10-3-5-11(18)6-4-10)19-15(21)12-7-8-23-14(12)17/h3-8H,9H2,1-2H3,(H,19,21)/t16-/m0/s1. The van der Waals surface area contributed by atoms with Gasteiger partial charge in [0.15, 0.2) is 0 Å². The molecule has 1 N–H and O–H groups in total. The van der Waals surface area contributed by atoms with Gasteiger partial charge in [0.25, 0.3) is 5.91 Å². The first-order chi connectivity index (χ1) is 10.9. The smallest absolute Gasteiger partial charge is 0.308 e. The molecule has 0 spiro atoms. The third-order valence-electron chi connectivity index (χ3n) is 3.46. The van der Waals surface area contributed by atoms with Crippen LogP contribution in [-0.2, 0) is 15.1 Å². The number of hydrogen-bond donors (Lipinski definition) is 1. The van der Waals surface area contributed by atoms with Crippen molar-refractivity contribution in [2.24, 2.45) is 0 Å². The minimum Gasteiger partial charge on any atom is -0.469 e. The SMILES string of the molecule is COC(=O)C[C@](C)(NC(=O)c1ccoc1Cl)c1ccc(F)cc1. The maximum Gasteiger partial charge on any atom is 0.308 e. The quantitative estimate of drug-likeness (QED) is 0.849. The van der Waals surface area contributed by atoms with Crippen LogP contribution in [0.4, 0.5) is 4.39 Å². The summed E-state index contributed by atoms with van der Waals surface area (Å²) < 4.78 is 22.7. The Morgan fingerprint density at radius 1 is 1.30 bits per heavy atom. The zero-order valence-electron chi connectivity index (χ0n) is 12.6. The molecule has 0 aliphatic carbocycles. The van der Waals surface area contributed by atoms with Crippen LogP contribution in [0, 0.1) is 5.82 Å². The van der Waals surface area contributed by atoms with Crippen molar-refractivity contribution in [1.82, 2.24) is 5.32 Å². The van der Waals surface area contributed by atoms with Crippen molar-refractivity contribution in [3.8, 4) is 0 Å². The van der Waals surface area contributed by atoms with Crippen LogP contribution in [0.5, 0.6) is 0 Å². The second-order valence-corrected chi connectivity index (χ2v) is 5.50. The van der Waals surface area contributed by atoms with Gasteiger partial charge in [0.1, 0.15) is 5.82 Å². The van der Waals surface area contributed by atoms with Gasteiger partial charge < -0.3 is 14.5 Å². The summed E-state index contributed by atoms with van der Waals surface area (Å²) in [7, 11) is 1.25. The summed E-state index contributed by atoms with van der Waals surface area (Å²) in [6.45, 7) is 1.64. The van der Waals surface area contributed by atoms with Crippen LogP contribution in [0.3, 0.4) is 0 Å². The molecule has 5 nitrogen and oxygen atoms in total. The van der Waals surface area contributed by atoms with Gasteiger partial charge in [-0.15, -0.1) is 0 Å². The van der Waals surface area contributed by atoms with Gasteiger partial charge >= 0.3 is 5.97 Å². The van der Waals surface area contributed by atoms with E-state index < -0.39 is 23.2 Å². The molecule has 0 saturated heterocycles. The molecule has 1 aromatic carbocycles. The molecule has 0 aliphatic heterocycles. The maximum absolute atomic E-state index is 13.1. The lowest BCUT2D eigenvalue weighted by atomic mass is 9.88. The number of amides is 1. The topological polar surface area (TPSA) is 68.5 Å². The van der Waals surface area contributed by atoms with E-state index in [0.717, 1.165) is 0 Å². The Labute approximate surface area is 137 Å². The number of methoxy groups -OCH3 is 1. The zero-order chi connectivity index (χ0) is 17.0. The number of hydrogen-bond acceptors (Lipinski definition) is 4. The lowest BCUT2D eigenvalue weighted by molar-refractivity contribution is -0.142. The molecule has 0 aliphatic rings. The molecule has 0 unspecified atom stereocenters. The van der Waals surface area contributed by atoms with E-state index in [1.165, 1.54) is 43.7 Å². The van der Waals surface area contributed by atoms with Crippen LogP contribution in [-0.4, -0.2) is 19.0 Å². The van der Waals surface area contributed by atoms with Crippen molar-refractivity contribution < 1.29 is 23.1 Å². The Hall–Kier alpha value is -2.34. The van der Waals surface area contributed by atoms with Gasteiger partial charge in [0.05, 0.1) is 30.9 Å². The third kappa shape index (κ3) is 3.90. The molecule has 1 heterocycles. The first kappa shape index (κ1) is 17.0. The molecular formula is C16H15ClFNO4. The van der Waals surface area contributed by atoms with E-state index in [1.54, 1.807) is 6.92 Å².